The summed E-state index contributed by atoms with van der Waals surface area (Å²) in [6.45, 7) is 2.88. The Balaban J connectivity index is 2.31. The van der Waals surface area contributed by atoms with E-state index in [2.05, 4.69) is 6.92 Å². The van der Waals surface area contributed by atoms with Crippen molar-refractivity contribution in [1.82, 2.24) is 0 Å². The van der Waals surface area contributed by atoms with E-state index in [0.717, 1.165) is 30.8 Å². The second kappa shape index (κ2) is 7.68. The van der Waals surface area contributed by atoms with Crippen molar-refractivity contribution in [3.05, 3.63) is 29.8 Å². The lowest BCUT2D eigenvalue weighted by Gasteiger charge is -2.06. The van der Waals surface area contributed by atoms with Crippen LogP contribution in [0.25, 0.3) is 0 Å². The highest BCUT2D eigenvalue weighted by atomic mass is 16.5. The smallest absolute Gasteiger partial charge is 0.329 e. The molecule has 94 valence electrons. The average Bonchev–Trinajstić information content (AvgIpc) is 2.31. The summed E-state index contributed by atoms with van der Waals surface area (Å²) in [5, 5.41) is 8.41. The Bertz CT molecular complexity index is 332. The first-order valence-electron chi connectivity index (χ1n) is 5.73. The van der Waals surface area contributed by atoms with Gasteiger partial charge in [-0.15, -0.1) is 0 Å². The number of benzene rings is 1. The van der Waals surface area contributed by atoms with Crippen LogP contribution in [0.1, 0.15) is 25.3 Å². The van der Waals surface area contributed by atoms with Gasteiger partial charge in [0.05, 0.1) is 13.2 Å². The standard InChI is InChI=1S/C13H18O4/c1-2-3-8-17-12-6-4-11(5-7-12)9-16-10-13(14)15/h4-7H,2-3,8-10H2,1H3,(H,14,15). The Labute approximate surface area is 101 Å². The first-order valence-corrected chi connectivity index (χ1v) is 5.73. The van der Waals surface area contributed by atoms with E-state index >= 15 is 0 Å². The molecule has 0 aliphatic heterocycles. The van der Waals surface area contributed by atoms with Gasteiger partial charge in [0.15, 0.2) is 0 Å². The van der Waals surface area contributed by atoms with Crippen LogP contribution in [0.3, 0.4) is 0 Å². The van der Waals surface area contributed by atoms with Crippen molar-refractivity contribution in [2.45, 2.75) is 26.4 Å². The third-order valence-corrected chi connectivity index (χ3v) is 2.18. The monoisotopic (exact) mass is 238 g/mol. The molecule has 0 aliphatic carbocycles. The molecule has 0 atom stereocenters. The van der Waals surface area contributed by atoms with Gasteiger partial charge in [-0.25, -0.2) is 4.79 Å². The van der Waals surface area contributed by atoms with Crippen LogP contribution in [0.15, 0.2) is 24.3 Å². The van der Waals surface area contributed by atoms with Gasteiger partial charge in [0.25, 0.3) is 0 Å². The molecule has 0 heterocycles. The molecule has 0 aliphatic rings. The fourth-order valence-corrected chi connectivity index (χ4v) is 1.27. The summed E-state index contributed by atoms with van der Waals surface area (Å²) >= 11 is 0. The molecule has 0 radical (unpaired) electrons. The van der Waals surface area contributed by atoms with Crippen molar-refractivity contribution >= 4 is 5.97 Å². The second-order valence-corrected chi connectivity index (χ2v) is 3.73. The van der Waals surface area contributed by atoms with E-state index in [9.17, 15) is 4.79 Å². The van der Waals surface area contributed by atoms with Crippen molar-refractivity contribution in [3.8, 4) is 5.75 Å². The molecular formula is C13H18O4. The molecule has 1 aromatic carbocycles. The summed E-state index contributed by atoms with van der Waals surface area (Å²) < 4.78 is 10.5. The fraction of sp³-hybridized carbons (Fsp3) is 0.462. The molecule has 1 aromatic rings. The molecule has 1 rings (SSSR count). The van der Waals surface area contributed by atoms with Crippen LogP contribution < -0.4 is 4.74 Å². The third-order valence-electron chi connectivity index (χ3n) is 2.18. The zero-order chi connectivity index (χ0) is 12.5. The predicted octanol–water partition coefficient (Wildman–Crippen LogP) is 2.47. The van der Waals surface area contributed by atoms with Gasteiger partial charge in [-0.2, -0.15) is 0 Å². The van der Waals surface area contributed by atoms with Crippen LogP contribution in [0.4, 0.5) is 0 Å². The molecular weight excluding hydrogens is 220 g/mol. The van der Waals surface area contributed by atoms with Gasteiger partial charge in [-0.05, 0) is 24.1 Å². The Hall–Kier alpha value is -1.55. The van der Waals surface area contributed by atoms with E-state index in [1.165, 1.54) is 0 Å². The number of carboxylic acids is 1. The first-order chi connectivity index (χ1) is 8.22. The summed E-state index contributed by atoms with van der Waals surface area (Å²) in [5.74, 6) is -0.120. The molecule has 0 saturated carbocycles. The maximum Gasteiger partial charge on any atom is 0.329 e. The number of ether oxygens (including phenoxy) is 2. The highest BCUT2D eigenvalue weighted by Crippen LogP contribution is 2.13. The van der Waals surface area contributed by atoms with Crippen LogP contribution in [0.5, 0.6) is 5.75 Å². The zero-order valence-corrected chi connectivity index (χ0v) is 10.0. The van der Waals surface area contributed by atoms with Gasteiger partial charge in [0, 0.05) is 0 Å². The van der Waals surface area contributed by atoms with Crippen LogP contribution >= 0.6 is 0 Å². The lowest BCUT2D eigenvalue weighted by atomic mass is 10.2. The SMILES string of the molecule is CCCCOc1ccc(COCC(=O)O)cc1. The van der Waals surface area contributed by atoms with E-state index < -0.39 is 5.97 Å². The van der Waals surface area contributed by atoms with Crippen molar-refractivity contribution in [2.75, 3.05) is 13.2 Å². The van der Waals surface area contributed by atoms with Crippen molar-refractivity contribution in [2.24, 2.45) is 0 Å². The summed E-state index contributed by atoms with van der Waals surface area (Å²) in [7, 11) is 0. The highest BCUT2D eigenvalue weighted by molar-refractivity contribution is 5.67. The van der Waals surface area contributed by atoms with Crippen molar-refractivity contribution in [1.29, 1.82) is 0 Å². The van der Waals surface area contributed by atoms with E-state index in [-0.39, 0.29) is 6.61 Å². The molecule has 4 heteroatoms. The lowest BCUT2D eigenvalue weighted by Crippen LogP contribution is -2.06. The van der Waals surface area contributed by atoms with Gasteiger partial charge in [-0.3, -0.25) is 0 Å². The predicted molar refractivity (Wildman–Crippen MR) is 64.1 cm³/mol. The van der Waals surface area contributed by atoms with E-state index in [0.29, 0.717) is 6.61 Å². The van der Waals surface area contributed by atoms with Crippen molar-refractivity contribution < 1.29 is 19.4 Å². The molecule has 0 spiro atoms. The highest BCUT2D eigenvalue weighted by Gasteiger charge is 1.99. The number of hydrogen-bond donors (Lipinski definition) is 1. The van der Waals surface area contributed by atoms with Gasteiger partial charge >= 0.3 is 5.97 Å². The number of unbranched alkanes of at least 4 members (excludes halogenated alkanes) is 1. The summed E-state index contributed by atoms with van der Waals surface area (Å²) in [6.07, 6.45) is 2.16. The summed E-state index contributed by atoms with van der Waals surface area (Å²) in [4.78, 5) is 10.2. The molecule has 0 amide bonds. The lowest BCUT2D eigenvalue weighted by molar-refractivity contribution is -0.142. The van der Waals surface area contributed by atoms with Crippen molar-refractivity contribution in [3.63, 3.8) is 0 Å². The number of hydrogen-bond acceptors (Lipinski definition) is 3. The quantitative estimate of drug-likeness (QED) is 0.707. The molecule has 1 N–H and O–H groups in total. The number of carbonyl (C=O) groups is 1. The average molecular weight is 238 g/mol. The Kier molecular flexibility index (Phi) is 6.10. The normalized spacial score (nSPS) is 10.2. The third kappa shape index (κ3) is 5.92. The molecule has 0 bridgehead atoms. The second-order valence-electron chi connectivity index (χ2n) is 3.73. The van der Waals surface area contributed by atoms with Gasteiger partial charge in [0.2, 0.25) is 0 Å². The fourth-order valence-electron chi connectivity index (χ4n) is 1.27. The molecule has 0 unspecified atom stereocenters. The Morgan fingerprint density at radius 1 is 1.29 bits per heavy atom. The minimum atomic E-state index is -0.954. The summed E-state index contributed by atoms with van der Waals surface area (Å²) in [6, 6.07) is 7.50. The minimum Gasteiger partial charge on any atom is -0.494 e. The number of carboxylic acid groups (broad SMARTS) is 1. The summed E-state index contributed by atoms with van der Waals surface area (Å²) in [5.41, 5.74) is 0.939. The van der Waals surface area contributed by atoms with E-state index in [4.69, 9.17) is 14.6 Å². The van der Waals surface area contributed by atoms with Gasteiger partial charge in [0.1, 0.15) is 12.4 Å². The number of rotatable bonds is 8. The number of aliphatic carboxylic acids is 1. The Morgan fingerprint density at radius 3 is 2.59 bits per heavy atom. The van der Waals surface area contributed by atoms with Gasteiger partial charge < -0.3 is 14.6 Å². The molecule has 0 aromatic heterocycles. The maximum atomic E-state index is 10.2. The largest absolute Gasteiger partial charge is 0.494 e. The zero-order valence-electron chi connectivity index (χ0n) is 10.0. The van der Waals surface area contributed by atoms with Crippen LogP contribution in [0, 0.1) is 0 Å². The topological polar surface area (TPSA) is 55.8 Å². The Morgan fingerprint density at radius 2 is 2.00 bits per heavy atom. The van der Waals surface area contributed by atoms with Gasteiger partial charge in [-0.1, -0.05) is 25.5 Å². The molecule has 4 nitrogen and oxygen atoms in total. The minimum absolute atomic E-state index is 0.269. The first kappa shape index (κ1) is 13.5. The van der Waals surface area contributed by atoms with Crippen LogP contribution in [-0.2, 0) is 16.1 Å². The van der Waals surface area contributed by atoms with E-state index in [1.807, 2.05) is 24.3 Å². The molecule has 0 saturated heterocycles. The van der Waals surface area contributed by atoms with Crippen LogP contribution in [-0.4, -0.2) is 24.3 Å². The van der Waals surface area contributed by atoms with Crippen LogP contribution in [0.2, 0.25) is 0 Å². The van der Waals surface area contributed by atoms with E-state index in [1.54, 1.807) is 0 Å². The molecule has 17 heavy (non-hydrogen) atoms. The maximum absolute atomic E-state index is 10.2. The molecule has 0 fully saturated rings.